The molecule has 1 fully saturated rings. The van der Waals surface area contributed by atoms with Crippen molar-refractivity contribution in [1.29, 1.82) is 0 Å². The Morgan fingerprint density at radius 3 is 2.75 bits per heavy atom. The van der Waals surface area contributed by atoms with Crippen molar-refractivity contribution < 1.29 is 4.79 Å². The lowest BCUT2D eigenvalue weighted by molar-refractivity contribution is -0.114. The second-order valence-electron chi connectivity index (χ2n) is 5.97. The quantitative estimate of drug-likeness (QED) is 0.677. The highest BCUT2D eigenvalue weighted by Crippen LogP contribution is 2.24. The number of hydrogen-bond donors (Lipinski definition) is 3. The molecule has 0 bridgehead atoms. The highest BCUT2D eigenvalue weighted by Gasteiger charge is 2.17. The molecule has 128 valence electrons. The van der Waals surface area contributed by atoms with Crippen LogP contribution in [0.5, 0.6) is 0 Å². The fraction of sp³-hybridized carbons (Fsp3) is 0.500. The van der Waals surface area contributed by atoms with Crippen molar-refractivity contribution in [3.8, 4) is 0 Å². The molecule has 1 aromatic heterocycles. The number of carbonyl (C=O) groups excluding carboxylic acids is 1. The van der Waals surface area contributed by atoms with Crippen LogP contribution in [0.2, 0.25) is 0 Å². The Hall–Kier alpha value is -2.09. The fourth-order valence-corrected chi connectivity index (χ4v) is 3.54. The van der Waals surface area contributed by atoms with Crippen molar-refractivity contribution in [2.75, 3.05) is 17.7 Å². The van der Waals surface area contributed by atoms with Crippen LogP contribution in [-0.2, 0) is 11.2 Å². The zero-order chi connectivity index (χ0) is 16.9. The van der Waals surface area contributed by atoms with Gasteiger partial charge in [0.1, 0.15) is 5.82 Å². The molecular formula is C16H22N6OS. The van der Waals surface area contributed by atoms with Gasteiger partial charge in [0.2, 0.25) is 11.9 Å². The molecule has 0 radical (unpaired) electrons. The Labute approximate surface area is 145 Å². The summed E-state index contributed by atoms with van der Waals surface area (Å²) in [5.74, 6) is 1.46. The molecule has 7 nitrogen and oxygen atoms in total. The van der Waals surface area contributed by atoms with E-state index in [-0.39, 0.29) is 12.2 Å². The van der Waals surface area contributed by atoms with Gasteiger partial charge in [0.15, 0.2) is 5.78 Å². The molecule has 1 aliphatic heterocycles. The number of allylic oxidation sites excluding steroid dienone is 2. The molecule has 1 saturated carbocycles. The topological polar surface area (TPSA) is 91.8 Å². The number of nitrogens with zero attached hydrogens (tertiary/aromatic N) is 3. The Morgan fingerprint density at radius 2 is 2.08 bits per heavy atom. The molecule has 1 aliphatic carbocycles. The average molecular weight is 346 g/mol. The maximum atomic E-state index is 12.2. The minimum atomic E-state index is -0.0341. The van der Waals surface area contributed by atoms with Crippen LogP contribution in [0.25, 0.3) is 0 Å². The molecule has 8 heteroatoms. The summed E-state index contributed by atoms with van der Waals surface area (Å²) in [4.78, 5) is 25.3. The van der Waals surface area contributed by atoms with Gasteiger partial charge < -0.3 is 16.0 Å². The molecule has 0 saturated heterocycles. The lowest BCUT2D eigenvalue weighted by Crippen LogP contribution is -2.19. The van der Waals surface area contributed by atoms with E-state index in [1.54, 1.807) is 13.1 Å². The van der Waals surface area contributed by atoms with Gasteiger partial charge >= 0.3 is 0 Å². The first-order valence-corrected chi connectivity index (χ1v) is 9.04. The summed E-state index contributed by atoms with van der Waals surface area (Å²) in [6.45, 7) is 1.96. The smallest absolute Gasteiger partial charge is 0.227 e. The Morgan fingerprint density at radius 1 is 1.33 bits per heavy atom. The highest BCUT2D eigenvalue weighted by molar-refractivity contribution is 8.06. The number of aromatic nitrogens is 3. The minimum Gasteiger partial charge on any atom is -0.357 e. The molecule has 1 aromatic rings. The van der Waals surface area contributed by atoms with Gasteiger partial charge in [-0.2, -0.15) is 15.0 Å². The van der Waals surface area contributed by atoms with Gasteiger partial charge in [0, 0.05) is 24.9 Å². The molecule has 0 atom stereocenters. The summed E-state index contributed by atoms with van der Waals surface area (Å²) in [5, 5.41) is 12.2. The fourth-order valence-electron chi connectivity index (χ4n) is 2.76. The first-order valence-electron chi connectivity index (χ1n) is 8.16. The van der Waals surface area contributed by atoms with Crippen LogP contribution in [0.4, 0.5) is 11.9 Å². The number of rotatable bonds is 6. The molecule has 2 aliphatic rings. The van der Waals surface area contributed by atoms with E-state index in [1.165, 1.54) is 24.6 Å². The second-order valence-corrected chi connectivity index (χ2v) is 6.88. The summed E-state index contributed by atoms with van der Waals surface area (Å²) >= 11 is 1.51. The van der Waals surface area contributed by atoms with Crippen LogP contribution < -0.4 is 16.0 Å². The number of anilines is 2. The average Bonchev–Trinajstić information content (AvgIpc) is 3.18. The standard InChI is InChI=1S/C16H22N6OS/c1-10-9-24-14(18-10)8-12(23)7-13-20-15(17-2)22-16(21-13)19-11-5-3-4-6-11/h8-9,11,18H,3-7H2,1-2H3,(H2,17,19,20,21,22). The van der Waals surface area contributed by atoms with E-state index in [0.29, 0.717) is 23.8 Å². The Kier molecular flexibility index (Phi) is 5.34. The van der Waals surface area contributed by atoms with Crippen LogP contribution in [0.1, 0.15) is 38.4 Å². The predicted molar refractivity (Wildman–Crippen MR) is 96.5 cm³/mol. The van der Waals surface area contributed by atoms with Gasteiger partial charge in [-0.3, -0.25) is 4.79 Å². The first kappa shape index (κ1) is 16.8. The highest BCUT2D eigenvalue weighted by atomic mass is 32.2. The Balaban J connectivity index is 1.68. The molecule has 3 N–H and O–H groups in total. The van der Waals surface area contributed by atoms with Crippen molar-refractivity contribution in [2.24, 2.45) is 0 Å². The molecular weight excluding hydrogens is 324 g/mol. The van der Waals surface area contributed by atoms with Crippen LogP contribution in [0.3, 0.4) is 0 Å². The van der Waals surface area contributed by atoms with E-state index in [1.807, 2.05) is 12.3 Å². The summed E-state index contributed by atoms with van der Waals surface area (Å²) in [7, 11) is 1.76. The monoisotopic (exact) mass is 346 g/mol. The third-order valence-electron chi connectivity index (χ3n) is 3.90. The van der Waals surface area contributed by atoms with Crippen molar-refractivity contribution in [1.82, 2.24) is 20.3 Å². The molecule has 3 rings (SSSR count). The van der Waals surface area contributed by atoms with E-state index in [0.717, 1.165) is 23.6 Å². The van der Waals surface area contributed by atoms with Gasteiger partial charge in [0.25, 0.3) is 0 Å². The van der Waals surface area contributed by atoms with Crippen molar-refractivity contribution in [3.05, 3.63) is 28.0 Å². The largest absolute Gasteiger partial charge is 0.357 e. The molecule has 0 amide bonds. The predicted octanol–water partition coefficient (Wildman–Crippen LogP) is 2.42. The molecule has 0 spiro atoms. The minimum absolute atomic E-state index is 0.0341. The van der Waals surface area contributed by atoms with Crippen LogP contribution in [-0.4, -0.2) is 33.8 Å². The van der Waals surface area contributed by atoms with E-state index in [4.69, 9.17) is 0 Å². The number of thioether (sulfide) groups is 1. The summed E-state index contributed by atoms with van der Waals surface area (Å²) in [6.07, 6.45) is 6.50. The van der Waals surface area contributed by atoms with E-state index in [9.17, 15) is 4.79 Å². The van der Waals surface area contributed by atoms with E-state index < -0.39 is 0 Å². The summed E-state index contributed by atoms with van der Waals surface area (Å²) in [6, 6.07) is 0.413. The summed E-state index contributed by atoms with van der Waals surface area (Å²) < 4.78 is 0. The Bertz CT molecular complexity index is 681. The van der Waals surface area contributed by atoms with Gasteiger partial charge in [-0.25, -0.2) is 0 Å². The van der Waals surface area contributed by atoms with Crippen molar-refractivity contribution >= 4 is 29.4 Å². The number of ketones is 1. The SMILES string of the molecule is CNc1nc(CC(=O)C=C2NC(C)=CS2)nc(NC2CCCC2)n1. The third-order valence-corrected chi connectivity index (χ3v) is 4.85. The lowest BCUT2D eigenvalue weighted by Gasteiger charge is -2.13. The third kappa shape index (κ3) is 4.47. The van der Waals surface area contributed by atoms with Gasteiger partial charge in [-0.1, -0.05) is 24.6 Å². The molecule has 0 aromatic carbocycles. The van der Waals surface area contributed by atoms with E-state index in [2.05, 4.69) is 30.9 Å². The number of hydrogen-bond acceptors (Lipinski definition) is 8. The van der Waals surface area contributed by atoms with Gasteiger partial charge in [-0.15, -0.1) is 0 Å². The van der Waals surface area contributed by atoms with Crippen LogP contribution in [0, 0.1) is 0 Å². The first-order chi connectivity index (χ1) is 11.6. The number of nitrogens with one attached hydrogen (secondary N) is 3. The van der Waals surface area contributed by atoms with Gasteiger partial charge in [0.05, 0.1) is 11.4 Å². The maximum Gasteiger partial charge on any atom is 0.227 e. The van der Waals surface area contributed by atoms with Crippen molar-refractivity contribution in [3.63, 3.8) is 0 Å². The lowest BCUT2D eigenvalue weighted by atomic mass is 10.2. The second kappa shape index (κ2) is 7.65. The summed E-state index contributed by atoms with van der Waals surface area (Å²) in [5.41, 5.74) is 1.04. The van der Waals surface area contributed by atoms with Crippen molar-refractivity contribution in [2.45, 2.75) is 45.1 Å². The normalized spacial score (nSPS) is 19.2. The van der Waals surface area contributed by atoms with Crippen LogP contribution in [0.15, 0.2) is 22.2 Å². The maximum absolute atomic E-state index is 12.2. The van der Waals surface area contributed by atoms with Gasteiger partial charge in [-0.05, 0) is 25.2 Å². The van der Waals surface area contributed by atoms with E-state index >= 15 is 0 Å². The zero-order valence-electron chi connectivity index (χ0n) is 13.9. The molecule has 24 heavy (non-hydrogen) atoms. The molecule has 2 heterocycles. The number of carbonyl (C=O) groups is 1. The molecule has 0 unspecified atom stereocenters. The zero-order valence-corrected chi connectivity index (χ0v) is 14.7. The van der Waals surface area contributed by atoms with Crippen LogP contribution >= 0.6 is 11.8 Å².